The van der Waals surface area contributed by atoms with Gasteiger partial charge in [0.25, 0.3) is 0 Å². The van der Waals surface area contributed by atoms with Crippen LogP contribution in [-0.4, -0.2) is 0 Å². The minimum atomic E-state index is 0.0885. The molecule has 2 heterocycles. The molecule has 0 saturated heterocycles. The van der Waals surface area contributed by atoms with E-state index in [-0.39, 0.29) is 6.04 Å². The van der Waals surface area contributed by atoms with Gasteiger partial charge in [-0.3, -0.25) is 0 Å². The molecule has 0 bridgehead atoms. The molecule has 0 aromatic heterocycles. The number of rotatable bonds is 3. The molecule has 0 saturated carbocycles. The van der Waals surface area contributed by atoms with Crippen molar-refractivity contribution in [2.24, 2.45) is 0 Å². The summed E-state index contributed by atoms with van der Waals surface area (Å²) >= 11 is 0. The molecule has 0 aliphatic carbocycles. The molecule has 8 rings (SSSR count). The molecule has 0 fully saturated rings. The lowest BCUT2D eigenvalue weighted by atomic mass is 9.96. The van der Waals surface area contributed by atoms with Gasteiger partial charge in [-0.05, 0) is 59.2 Å². The molecule has 0 radical (unpaired) electrons. The summed E-state index contributed by atoms with van der Waals surface area (Å²) in [5, 5.41) is 3.72. The summed E-state index contributed by atoms with van der Waals surface area (Å²) in [7, 11) is 0. The predicted molar refractivity (Wildman–Crippen MR) is 179 cm³/mol. The molecule has 210 valence electrons. The Hall–Kier alpha value is -5.80. The number of ether oxygens (including phenoxy) is 2. The summed E-state index contributed by atoms with van der Waals surface area (Å²) in [6.07, 6.45) is 6.43. The lowest BCUT2D eigenvalue weighted by Gasteiger charge is -2.24. The highest BCUT2D eigenvalue weighted by Gasteiger charge is 2.22. The van der Waals surface area contributed by atoms with Crippen LogP contribution < -0.4 is 14.8 Å². The normalized spacial score (nSPS) is 14.7. The monoisotopic (exact) mass is 567 g/mol. The Morgan fingerprint density at radius 1 is 0.432 bits per heavy atom. The van der Waals surface area contributed by atoms with Crippen LogP contribution in [0.3, 0.4) is 0 Å². The third-order valence-electron chi connectivity index (χ3n) is 8.21. The average Bonchev–Trinajstić information content (AvgIpc) is 3.10. The first-order valence-corrected chi connectivity index (χ1v) is 14.9. The molecule has 6 aromatic carbocycles. The number of dihydropyridines is 1. The third-order valence-corrected chi connectivity index (χ3v) is 8.21. The topological polar surface area (TPSA) is 30.5 Å². The van der Waals surface area contributed by atoms with E-state index in [1.807, 2.05) is 48.5 Å². The number of allylic oxidation sites excluding steroid dienone is 2. The Balaban J connectivity index is 1.29. The van der Waals surface area contributed by atoms with Crippen LogP contribution in [0.5, 0.6) is 23.0 Å². The second-order valence-electron chi connectivity index (χ2n) is 11.0. The maximum absolute atomic E-state index is 7.01. The van der Waals surface area contributed by atoms with Crippen LogP contribution in [0.1, 0.15) is 17.2 Å². The van der Waals surface area contributed by atoms with E-state index >= 15 is 0 Å². The Morgan fingerprint density at radius 3 is 1.64 bits per heavy atom. The van der Waals surface area contributed by atoms with E-state index in [0.29, 0.717) is 0 Å². The van der Waals surface area contributed by atoms with Crippen LogP contribution in [0.4, 0.5) is 0 Å². The smallest absolute Gasteiger partial charge is 0.136 e. The summed E-state index contributed by atoms with van der Waals surface area (Å²) in [4.78, 5) is 0. The molecule has 6 aromatic rings. The van der Waals surface area contributed by atoms with Crippen molar-refractivity contribution in [1.29, 1.82) is 0 Å². The van der Waals surface area contributed by atoms with Gasteiger partial charge in [0, 0.05) is 33.5 Å². The molecule has 0 spiro atoms. The first-order valence-electron chi connectivity index (χ1n) is 14.9. The second kappa shape index (κ2) is 11.1. The van der Waals surface area contributed by atoms with E-state index in [2.05, 4.69) is 121 Å². The number of nitrogens with one attached hydrogen (secondary N) is 1. The highest BCUT2D eigenvalue weighted by atomic mass is 16.5. The summed E-state index contributed by atoms with van der Waals surface area (Å²) in [5.41, 5.74) is 9.41. The van der Waals surface area contributed by atoms with Gasteiger partial charge in [-0.2, -0.15) is 0 Å². The van der Waals surface area contributed by atoms with Crippen LogP contribution in [0.2, 0.25) is 0 Å². The fraction of sp³-hybridized carbons (Fsp3) is 0.0244. The van der Waals surface area contributed by atoms with Crippen molar-refractivity contribution in [1.82, 2.24) is 5.32 Å². The van der Waals surface area contributed by atoms with Crippen LogP contribution in [0.15, 0.2) is 164 Å². The van der Waals surface area contributed by atoms with Crippen molar-refractivity contribution in [2.45, 2.75) is 6.04 Å². The van der Waals surface area contributed by atoms with Crippen molar-refractivity contribution in [3.8, 4) is 56.4 Å². The summed E-state index contributed by atoms with van der Waals surface area (Å²) in [6, 6.07) is 50.2. The van der Waals surface area contributed by atoms with Crippen LogP contribution >= 0.6 is 0 Å². The molecule has 2 aliphatic rings. The Kier molecular flexibility index (Phi) is 6.54. The zero-order chi connectivity index (χ0) is 29.3. The number of fused-ring (bicyclic) bond motifs is 6. The van der Waals surface area contributed by atoms with Crippen molar-refractivity contribution in [2.75, 3.05) is 0 Å². The molecule has 0 amide bonds. The molecule has 1 N–H and O–H groups in total. The molecule has 1 atom stereocenters. The number of hydrogen-bond donors (Lipinski definition) is 1. The van der Waals surface area contributed by atoms with Gasteiger partial charge in [0.05, 0.1) is 6.04 Å². The molecule has 3 heteroatoms. The third kappa shape index (κ3) is 4.85. The van der Waals surface area contributed by atoms with Gasteiger partial charge in [-0.25, -0.2) is 0 Å². The lowest BCUT2D eigenvalue weighted by molar-refractivity contribution is 0.472. The van der Waals surface area contributed by atoms with E-state index in [0.717, 1.165) is 67.6 Å². The Labute approximate surface area is 257 Å². The molecular formula is C41H29NO2. The van der Waals surface area contributed by atoms with Crippen molar-refractivity contribution in [3.63, 3.8) is 0 Å². The summed E-state index contributed by atoms with van der Waals surface area (Å²) in [5.74, 6) is 3.10. The van der Waals surface area contributed by atoms with Gasteiger partial charge >= 0.3 is 0 Å². The molecule has 1 unspecified atom stereocenters. The minimum Gasteiger partial charge on any atom is -0.456 e. The highest BCUT2D eigenvalue weighted by Crippen LogP contribution is 2.48. The summed E-state index contributed by atoms with van der Waals surface area (Å²) < 4.78 is 13.7. The van der Waals surface area contributed by atoms with Gasteiger partial charge in [0.1, 0.15) is 23.0 Å². The largest absolute Gasteiger partial charge is 0.456 e. The van der Waals surface area contributed by atoms with Gasteiger partial charge in [0.15, 0.2) is 0 Å². The molecular weight excluding hydrogens is 538 g/mol. The maximum atomic E-state index is 7.01. The quantitative estimate of drug-likeness (QED) is 0.230. The first kappa shape index (κ1) is 25.9. The Bertz CT molecular complexity index is 2040. The zero-order valence-electron chi connectivity index (χ0n) is 24.0. The Morgan fingerprint density at radius 2 is 0.955 bits per heavy atom. The van der Waals surface area contributed by atoms with E-state index in [1.54, 1.807) is 0 Å². The van der Waals surface area contributed by atoms with E-state index in [4.69, 9.17) is 9.47 Å². The van der Waals surface area contributed by atoms with Crippen molar-refractivity contribution in [3.05, 3.63) is 175 Å². The fourth-order valence-corrected chi connectivity index (χ4v) is 5.99. The van der Waals surface area contributed by atoms with Crippen LogP contribution in [-0.2, 0) is 0 Å². The highest BCUT2D eigenvalue weighted by molar-refractivity contribution is 5.84. The number of hydrogen-bond acceptors (Lipinski definition) is 3. The minimum absolute atomic E-state index is 0.0885. The SMILES string of the molecule is C1=CC(c2ccccc2)NC(c2ccc3c(c2)Oc2cc(-c4ccccc4)ccc2-c2ccccc2Oc2ccccc2-3)=C1. The van der Waals surface area contributed by atoms with E-state index in [9.17, 15) is 0 Å². The summed E-state index contributed by atoms with van der Waals surface area (Å²) in [6.45, 7) is 0. The molecule has 2 aliphatic heterocycles. The van der Waals surface area contributed by atoms with Gasteiger partial charge < -0.3 is 14.8 Å². The first-order chi connectivity index (χ1) is 21.8. The van der Waals surface area contributed by atoms with Crippen LogP contribution in [0, 0.1) is 0 Å². The molecule has 44 heavy (non-hydrogen) atoms. The fourth-order valence-electron chi connectivity index (χ4n) is 5.99. The van der Waals surface area contributed by atoms with Gasteiger partial charge in [-0.15, -0.1) is 0 Å². The number of para-hydroxylation sites is 2. The number of benzene rings is 6. The van der Waals surface area contributed by atoms with E-state index in [1.165, 1.54) is 5.56 Å². The second-order valence-corrected chi connectivity index (χ2v) is 11.0. The van der Waals surface area contributed by atoms with Gasteiger partial charge in [-0.1, -0.05) is 121 Å². The maximum Gasteiger partial charge on any atom is 0.136 e. The predicted octanol–water partition coefficient (Wildman–Crippen LogP) is 10.8. The average molecular weight is 568 g/mol. The van der Waals surface area contributed by atoms with Crippen molar-refractivity contribution >= 4 is 5.70 Å². The van der Waals surface area contributed by atoms with Crippen molar-refractivity contribution < 1.29 is 9.47 Å². The zero-order valence-corrected chi connectivity index (χ0v) is 24.0. The lowest BCUT2D eigenvalue weighted by Crippen LogP contribution is -2.20. The van der Waals surface area contributed by atoms with E-state index < -0.39 is 0 Å². The standard InChI is InChI=1S/C41H29NO2/c1-3-12-28(13-4-1)30-22-24-34-32-16-7-9-20-38(32)43-39-21-10-8-17-33(39)35-25-23-31(27-41(35)44-40(34)26-30)37-19-11-18-36(42-37)29-14-5-2-6-15-29/h1-27,36,42H. The molecule has 3 nitrogen and oxygen atoms in total. The van der Waals surface area contributed by atoms with Gasteiger partial charge in [0.2, 0.25) is 0 Å². The van der Waals surface area contributed by atoms with Crippen LogP contribution in [0.25, 0.3) is 39.1 Å².